The summed E-state index contributed by atoms with van der Waals surface area (Å²) in [7, 11) is -4.81. The van der Waals surface area contributed by atoms with Gasteiger partial charge in [-0.2, -0.15) is 8.42 Å². The van der Waals surface area contributed by atoms with E-state index in [1.165, 1.54) is 0 Å². The molecule has 0 aliphatic heterocycles. The third-order valence-corrected chi connectivity index (χ3v) is 4.15. The lowest BCUT2D eigenvalue weighted by Crippen LogP contribution is -2.08. The van der Waals surface area contributed by atoms with Crippen LogP contribution in [0.5, 0.6) is 0 Å². The van der Waals surface area contributed by atoms with Crippen LogP contribution in [0, 0.1) is 11.6 Å². The summed E-state index contributed by atoms with van der Waals surface area (Å²) in [5.74, 6) is -2.82. The van der Waals surface area contributed by atoms with Crippen molar-refractivity contribution in [3.05, 3.63) is 53.1 Å². The van der Waals surface area contributed by atoms with Crippen LogP contribution in [0.3, 0.4) is 0 Å². The SMILES string of the molecule is O=S(=O)(O)c1c(F)c(F)cc2c1Cc1ccccc1-2. The van der Waals surface area contributed by atoms with Gasteiger partial charge in [0.1, 0.15) is 4.90 Å². The van der Waals surface area contributed by atoms with Crippen LogP contribution in [-0.4, -0.2) is 13.0 Å². The van der Waals surface area contributed by atoms with Crippen molar-refractivity contribution in [2.45, 2.75) is 11.3 Å². The second kappa shape index (κ2) is 3.85. The van der Waals surface area contributed by atoms with E-state index in [1.54, 1.807) is 24.3 Å². The molecule has 3 rings (SSSR count). The highest BCUT2D eigenvalue weighted by Gasteiger charge is 2.31. The zero-order chi connectivity index (χ0) is 13.8. The molecule has 0 saturated carbocycles. The van der Waals surface area contributed by atoms with Crippen LogP contribution in [-0.2, 0) is 16.5 Å². The quantitative estimate of drug-likeness (QED) is 0.698. The number of rotatable bonds is 1. The molecule has 0 bridgehead atoms. The molecule has 0 spiro atoms. The lowest BCUT2D eigenvalue weighted by atomic mass is 10.1. The molecular weight excluding hydrogens is 274 g/mol. The lowest BCUT2D eigenvalue weighted by molar-refractivity contribution is 0.452. The van der Waals surface area contributed by atoms with Crippen LogP contribution in [0.4, 0.5) is 8.78 Å². The Hall–Kier alpha value is -1.79. The molecule has 0 aromatic heterocycles. The molecule has 0 atom stereocenters. The standard InChI is InChI=1S/C13H8F2O3S/c14-11-6-9-8-4-2-1-3-7(8)5-10(9)13(12(11)15)19(16,17)18/h1-4,6H,5H2,(H,16,17,18). The maximum absolute atomic E-state index is 13.7. The van der Waals surface area contributed by atoms with Crippen LogP contribution < -0.4 is 0 Å². The van der Waals surface area contributed by atoms with Gasteiger partial charge in [-0.25, -0.2) is 8.78 Å². The molecule has 2 aromatic carbocycles. The molecule has 0 radical (unpaired) electrons. The smallest absolute Gasteiger partial charge is 0.282 e. The largest absolute Gasteiger partial charge is 0.297 e. The average Bonchev–Trinajstić information content (AvgIpc) is 2.66. The fourth-order valence-corrected chi connectivity index (χ4v) is 3.27. The van der Waals surface area contributed by atoms with E-state index in [0.29, 0.717) is 11.1 Å². The first-order valence-corrected chi connectivity index (χ1v) is 6.90. The van der Waals surface area contributed by atoms with Gasteiger partial charge in [0.2, 0.25) is 0 Å². The number of hydrogen-bond donors (Lipinski definition) is 1. The van der Waals surface area contributed by atoms with Gasteiger partial charge in [-0.15, -0.1) is 0 Å². The predicted molar refractivity (Wildman–Crippen MR) is 64.4 cm³/mol. The molecule has 98 valence electrons. The van der Waals surface area contributed by atoms with Gasteiger partial charge in [0.05, 0.1) is 0 Å². The minimum absolute atomic E-state index is 0.0996. The van der Waals surface area contributed by atoms with Crippen molar-refractivity contribution >= 4 is 10.1 Å². The van der Waals surface area contributed by atoms with Crippen LogP contribution in [0.1, 0.15) is 11.1 Å². The van der Waals surface area contributed by atoms with Crippen molar-refractivity contribution in [3.63, 3.8) is 0 Å². The molecule has 2 aromatic rings. The van der Waals surface area contributed by atoms with E-state index in [9.17, 15) is 17.2 Å². The zero-order valence-electron chi connectivity index (χ0n) is 9.52. The van der Waals surface area contributed by atoms with Gasteiger partial charge in [-0.05, 0) is 28.3 Å². The molecule has 0 saturated heterocycles. The normalized spacial score (nSPS) is 13.2. The third-order valence-electron chi connectivity index (χ3n) is 3.21. The second-order valence-electron chi connectivity index (χ2n) is 4.34. The minimum Gasteiger partial charge on any atom is -0.282 e. The Labute approximate surface area is 108 Å². The first kappa shape index (κ1) is 12.3. The molecule has 3 nitrogen and oxygen atoms in total. The average molecular weight is 282 g/mol. The molecule has 0 amide bonds. The molecule has 0 heterocycles. The Morgan fingerprint density at radius 3 is 2.47 bits per heavy atom. The summed E-state index contributed by atoms with van der Waals surface area (Å²) in [6, 6.07) is 7.89. The van der Waals surface area contributed by atoms with E-state index in [4.69, 9.17) is 4.55 Å². The highest BCUT2D eigenvalue weighted by atomic mass is 32.2. The highest BCUT2D eigenvalue weighted by molar-refractivity contribution is 7.85. The van der Waals surface area contributed by atoms with Crippen molar-refractivity contribution in [3.8, 4) is 11.1 Å². The predicted octanol–water partition coefficient (Wildman–Crippen LogP) is 2.78. The summed E-state index contributed by atoms with van der Waals surface area (Å²) in [6.07, 6.45) is 0.151. The zero-order valence-corrected chi connectivity index (χ0v) is 10.3. The first-order valence-electron chi connectivity index (χ1n) is 5.46. The highest BCUT2D eigenvalue weighted by Crippen LogP contribution is 2.41. The summed E-state index contributed by atoms with van der Waals surface area (Å²) in [4.78, 5) is -0.960. The van der Waals surface area contributed by atoms with E-state index in [-0.39, 0.29) is 12.0 Å². The molecule has 0 unspecified atom stereocenters. The van der Waals surface area contributed by atoms with Gasteiger partial charge in [0, 0.05) is 6.42 Å². The molecule has 1 aliphatic rings. The molecule has 1 aliphatic carbocycles. The topological polar surface area (TPSA) is 54.4 Å². The maximum Gasteiger partial charge on any atom is 0.297 e. The lowest BCUT2D eigenvalue weighted by Gasteiger charge is -2.08. The van der Waals surface area contributed by atoms with Gasteiger partial charge < -0.3 is 0 Å². The van der Waals surface area contributed by atoms with E-state index in [1.807, 2.05) is 0 Å². The van der Waals surface area contributed by atoms with Crippen LogP contribution in [0.15, 0.2) is 35.2 Å². The Kier molecular flexibility index (Phi) is 2.48. The Morgan fingerprint density at radius 2 is 1.79 bits per heavy atom. The van der Waals surface area contributed by atoms with Crippen LogP contribution in [0.25, 0.3) is 11.1 Å². The van der Waals surface area contributed by atoms with Gasteiger partial charge in [0.25, 0.3) is 10.1 Å². The molecule has 0 fully saturated rings. The fourth-order valence-electron chi connectivity index (χ4n) is 2.45. The summed E-state index contributed by atoms with van der Waals surface area (Å²) in [6.45, 7) is 0. The van der Waals surface area contributed by atoms with Gasteiger partial charge in [-0.3, -0.25) is 4.55 Å². The monoisotopic (exact) mass is 282 g/mol. The summed E-state index contributed by atoms with van der Waals surface area (Å²) in [5.41, 5.74) is 1.83. The van der Waals surface area contributed by atoms with Gasteiger partial charge in [0.15, 0.2) is 11.6 Å². The number of benzene rings is 2. The molecule has 6 heteroatoms. The van der Waals surface area contributed by atoms with Gasteiger partial charge in [-0.1, -0.05) is 24.3 Å². The third kappa shape index (κ3) is 1.75. The Bertz CT molecular complexity index is 798. The van der Waals surface area contributed by atoms with Crippen molar-refractivity contribution in [2.75, 3.05) is 0 Å². The van der Waals surface area contributed by atoms with Crippen molar-refractivity contribution in [1.82, 2.24) is 0 Å². The van der Waals surface area contributed by atoms with Crippen molar-refractivity contribution in [1.29, 1.82) is 0 Å². The first-order chi connectivity index (χ1) is 8.89. The van der Waals surface area contributed by atoms with E-state index in [0.717, 1.165) is 11.6 Å². The van der Waals surface area contributed by atoms with Crippen molar-refractivity contribution in [2.24, 2.45) is 0 Å². The maximum atomic E-state index is 13.7. The molecule has 1 N–H and O–H groups in total. The minimum atomic E-state index is -4.81. The van der Waals surface area contributed by atoms with E-state index in [2.05, 4.69) is 0 Å². The number of hydrogen-bond acceptors (Lipinski definition) is 2. The summed E-state index contributed by atoms with van der Waals surface area (Å²) >= 11 is 0. The number of halogens is 2. The van der Waals surface area contributed by atoms with Crippen molar-refractivity contribution < 1.29 is 21.8 Å². The molecule has 19 heavy (non-hydrogen) atoms. The Balaban J connectivity index is 2.41. The van der Waals surface area contributed by atoms with Crippen LogP contribution in [0.2, 0.25) is 0 Å². The Morgan fingerprint density at radius 1 is 1.11 bits per heavy atom. The van der Waals surface area contributed by atoms with E-state index >= 15 is 0 Å². The summed E-state index contributed by atoms with van der Waals surface area (Å²) in [5, 5.41) is 0. The van der Waals surface area contributed by atoms with E-state index < -0.39 is 26.6 Å². The second-order valence-corrected chi connectivity index (χ2v) is 5.69. The number of fused-ring (bicyclic) bond motifs is 3. The molecular formula is C13H8F2O3S. The summed E-state index contributed by atoms with van der Waals surface area (Å²) < 4.78 is 58.8. The van der Waals surface area contributed by atoms with Crippen LogP contribution >= 0.6 is 0 Å². The fraction of sp³-hybridized carbons (Fsp3) is 0.0769. The van der Waals surface area contributed by atoms with Gasteiger partial charge >= 0.3 is 0 Å².